The fourth-order valence-electron chi connectivity index (χ4n) is 2.95. The zero-order valence-corrected chi connectivity index (χ0v) is 12.9. The van der Waals surface area contributed by atoms with Gasteiger partial charge in [0.15, 0.2) is 0 Å². The molecule has 116 valence electrons. The molecule has 0 spiro atoms. The first kappa shape index (κ1) is 15.9. The summed E-state index contributed by atoms with van der Waals surface area (Å²) >= 11 is 0. The maximum Gasteiger partial charge on any atom is 0.128 e. The van der Waals surface area contributed by atoms with Crippen LogP contribution in [0, 0.1) is 11.2 Å². The highest BCUT2D eigenvalue weighted by atomic mass is 19.1. The minimum atomic E-state index is -0.268. The summed E-state index contributed by atoms with van der Waals surface area (Å²) in [5.74, 6) is -0.363. The lowest BCUT2D eigenvalue weighted by molar-refractivity contribution is 0.174. The molecule has 1 saturated heterocycles. The molecule has 1 heterocycles. The summed E-state index contributed by atoms with van der Waals surface area (Å²) in [6.07, 6.45) is 2.18. The fourth-order valence-corrected chi connectivity index (χ4v) is 2.95. The summed E-state index contributed by atoms with van der Waals surface area (Å²) in [6, 6.07) is 5.31. The molecule has 0 amide bonds. The van der Waals surface area contributed by atoms with Crippen LogP contribution < -0.4 is 5.73 Å². The van der Waals surface area contributed by atoms with Crippen LogP contribution in [-0.2, 0) is 6.54 Å². The fraction of sp³-hybridized carbons (Fsp3) is 0.562. The lowest BCUT2D eigenvalue weighted by Gasteiger charge is -2.30. The summed E-state index contributed by atoms with van der Waals surface area (Å²) in [4.78, 5) is 4.72. The Morgan fingerprint density at radius 1 is 1.43 bits per heavy atom. The smallest absolute Gasteiger partial charge is 0.128 e. The Balaban J connectivity index is 2.14. The van der Waals surface area contributed by atoms with Crippen LogP contribution in [0.5, 0.6) is 0 Å². The number of nitrogens with zero attached hydrogens (tertiary/aromatic N) is 2. The number of nitrogen functional groups attached to an aromatic ring is 1. The zero-order valence-electron chi connectivity index (χ0n) is 12.9. The van der Waals surface area contributed by atoms with Crippen LogP contribution in [0.25, 0.3) is 0 Å². The van der Waals surface area contributed by atoms with E-state index in [-0.39, 0.29) is 11.7 Å². The first-order valence-electron chi connectivity index (χ1n) is 7.56. The summed E-state index contributed by atoms with van der Waals surface area (Å²) in [5, 5.41) is 7.36. The molecule has 5 heteroatoms. The lowest BCUT2D eigenvalue weighted by atomic mass is 10.1. The Kier molecular flexibility index (Phi) is 5.31. The van der Waals surface area contributed by atoms with Gasteiger partial charge in [-0.15, -0.1) is 0 Å². The van der Waals surface area contributed by atoms with E-state index in [0.717, 1.165) is 32.5 Å². The van der Waals surface area contributed by atoms with Crippen molar-refractivity contribution in [2.24, 2.45) is 5.73 Å². The Bertz CT molecular complexity index is 503. The molecule has 0 saturated carbocycles. The first-order chi connectivity index (χ1) is 10.0. The summed E-state index contributed by atoms with van der Waals surface area (Å²) in [6.45, 7) is 5.93. The minimum Gasteiger partial charge on any atom is -0.384 e. The molecule has 4 nitrogen and oxygen atoms in total. The number of halogens is 1. The van der Waals surface area contributed by atoms with E-state index in [9.17, 15) is 4.39 Å². The minimum absolute atomic E-state index is 0.0942. The van der Waals surface area contributed by atoms with Gasteiger partial charge >= 0.3 is 0 Å². The van der Waals surface area contributed by atoms with Crippen LogP contribution in [0.4, 0.5) is 4.39 Å². The molecule has 1 aliphatic rings. The maximum atomic E-state index is 14.2. The number of hydrogen-bond acceptors (Lipinski definition) is 3. The molecule has 0 aromatic heterocycles. The SMILES string of the molecule is CCC1CN(C)CCCN1Cc1ccc(C(=N)N)cc1F. The second kappa shape index (κ2) is 7.00. The predicted octanol–water partition coefficient (Wildman–Crippen LogP) is 2.03. The first-order valence-corrected chi connectivity index (χ1v) is 7.56. The molecular formula is C16H25FN4. The average Bonchev–Trinajstić information content (AvgIpc) is 2.62. The molecule has 1 aromatic carbocycles. The van der Waals surface area contributed by atoms with Gasteiger partial charge in [-0.25, -0.2) is 4.39 Å². The summed E-state index contributed by atoms with van der Waals surface area (Å²) < 4.78 is 14.2. The topological polar surface area (TPSA) is 56.4 Å². The van der Waals surface area contributed by atoms with Crippen LogP contribution >= 0.6 is 0 Å². The van der Waals surface area contributed by atoms with Crippen LogP contribution in [0.2, 0.25) is 0 Å². The highest BCUT2D eigenvalue weighted by Gasteiger charge is 2.22. The van der Waals surface area contributed by atoms with E-state index in [4.69, 9.17) is 11.1 Å². The molecule has 1 aromatic rings. The van der Waals surface area contributed by atoms with Gasteiger partial charge in [0.2, 0.25) is 0 Å². The molecule has 0 radical (unpaired) electrons. The third-order valence-corrected chi connectivity index (χ3v) is 4.23. The van der Waals surface area contributed by atoms with E-state index in [1.54, 1.807) is 12.1 Å². The van der Waals surface area contributed by atoms with Crippen molar-refractivity contribution in [3.63, 3.8) is 0 Å². The molecule has 0 aliphatic carbocycles. The molecule has 1 aliphatic heterocycles. The van der Waals surface area contributed by atoms with Crippen LogP contribution in [-0.4, -0.2) is 48.4 Å². The van der Waals surface area contributed by atoms with Gasteiger partial charge in [-0.2, -0.15) is 0 Å². The van der Waals surface area contributed by atoms with Crippen molar-refractivity contribution in [2.45, 2.75) is 32.4 Å². The third kappa shape index (κ3) is 4.02. The van der Waals surface area contributed by atoms with Crippen LogP contribution in [0.3, 0.4) is 0 Å². The van der Waals surface area contributed by atoms with Gasteiger partial charge in [0.1, 0.15) is 11.7 Å². The molecule has 0 bridgehead atoms. The number of rotatable bonds is 4. The van der Waals surface area contributed by atoms with Crippen molar-refractivity contribution < 1.29 is 4.39 Å². The number of amidine groups is 1. The van der Waals surface area contributed by atoms with Crippen LogP contribution in [0.1, 0.15) is 30.9 Å². The normalized spacial score (nSPS) is 21.2. The molecule has 1 atom stereocenters. The van der Waals surface area contributed by atoms with E-state index in [0.29, 0.717) is 23.7 Å². The zero-order chi connectivity index (χ0) is 15.4. The van der Waals surface area contributed by atoms with Gasteiger partial charge in [0.25, 0.3) is 0 Å². The van der Waals surface area contributed by atoms with Gasteiger partial charge in [0.05, 0.1) is 0 Å². The summed E-state index contributed by atoms with van der Waals surface area (Å²) in [7, 11) is 2.15. The highest BCUT2D eigenvalue weighted by Crippen LogP contribution is 2.18. The number of nitrogens with one attached hydrogen (secondary N) is 1. The monoisotopic (exact) mass is 292 g/mol. The maximum absolute atomic E-state index is 14.2. The number of likely N-dealkylation sites (N-methyl/N-ethyl adjacent to an activating group) is 1. The highest BCUT2D eigenvalue weighted by molar-refractivity contribution is 5.94. The van der Waals surface area contributed by atoms with Crippen molar-refractivity contribution in [1.82, 2.24) is 9.80 Å². The summed E-state index contributed by atoms with van der Waals surface area (Å²) in [5.41, 5.74) is 6.52. The average molecular weight is 292 g/mol. The van der Waals surface area contributed by atoms with Gasteiger partial charge < -0.3 is 10.6 Å². The molecule has 21 heavy (non-hydrogen) atoms. The van der Waals surface area contributed by atoms with E-state index in [1.165, 1.54) is 6.07 Å². The van der Waals surface area contributed by atoms with Crippen molar-refractivity contribution >= 4 is 5.84 Å². The van der Waals surface area contributed by atoms with Crippen molar-refractivity contribution in [3.8, 4) is 0 Å². The van der Waals surface area contributed by atoms with Gasteiger partial charge in [-0.05, 0) is 32.5 Å². The number of benzene rings is 1. The quantitative estimate of drug-likeness (QED) is 0.659. The van der Waals surface area contributed by atoms with Gasteiger partial charge in [-0.1, -0.05) is 19.1 Å². The van der Waals surface area contributed by atoms with E-state index in [2.05, 4.69) is 23.8 Å². The molecule has 1 unspecified atom stereocenters. The van der Waals surface area contributed by atoms with E-state index >= 15 is 0 Å². The largest absolute Gasteiger partial charge is 0.384 e. The van der Waals surface area contributed by atoms with E-state index < -0.39 is 0 Å². The third-order valence-electron chi connectivity index (χ3n) is 4.23. The van der Waals surface area contributed by atoms with Crippen molar-refractivity contribution in [1.29, 1.82) is 5.41 Å². The second-order valence-electron chi connectivity index (χ2n) is 5.87. The van der Waals surface area contributed by atoms with Gasteiger partial charge in [0, 0.05) is 36.8 Å². The van der Waals surface area contributed by atoms with Gasteiger partial charge in [-0.3, -0.25) is 10.3 Å². The Morgan fingerprint density at radius 2 is 2.19 bits per heavy atom. The lowest BCUT2D eigenvalue weighted by Crippen LogP contribution is -2.39. The molecular weight excluding hydrogens is 267 g/mol. The Labute approximate surface area is 126 Å². The molecule has 1 fully saturated rings. The van der Waals surface area contributed by atoms with Crippen molar-refractivity contribution in [2.75, 3.05) is 26.7 Å². The standard InChI is InChI=1S/C16H25FN4/c1-3-14-11-20(2)7-4-8-21(14)10-13-6-5-12(16(18)19)9-15(13)17/h5-6,9,14H,3-4,7-8,10-11H2,1-2H3,(H3,18,19). The molecule has 3 N–H and O–H groups in total. The molecule has 2 rings (SSSR count). The van der Waals surface area contributed by atoms with Crippen LogP contribution in [0.15, 0.2) is 18.2 Å². The Morgan fingerprint density at radius 3 is 2.81 bits per heavy atom. The Hall–Kier alpha value is -1.46. The van der Waals surface area contributed by atoms with E-state index in [1.807, 2.05) is 0 Å². The second-order valence-corrected chi connectivity index (χ2v) is 5.87. The van der Waals surface area contributed by atoms with Crippen molar-refractivity contribution in [3.05, 3.63) is 35.1 Å². The number of hydrogen-bond donors (Lipinski definition) is 2. The number of nitrogens with two attached hydrogens (primary N) is 1. The predicted molar refractivity (Wildman–Crippen MR) is 84.0 cm³/mol.